The molecule has 236 valence electrons. The Morgan fingerprint density at radius 3 is 1.57 bits per heavy atom. The summed E-state index contributed by atoms with van der Waals surface area (Å²) in [6, 6.07) is 0. The van der Waals surface area contributed by atoms with E-state index in [4.69, 9.17) is 14.0 Å². The average Bonchev–Trinajstić information content (AvgIpc) is 2.84. The minimum atomic E-state index is -5.01. The van der Waals surface area contributed by atoms with Crippen LogP contribution in [0.1, 0.15) is 98.3 Å². The van der Waals surface area contributed by atoms with Gasteiger partial charge in [-0.1, -0.05) is 66.2 Å². The second-order valence-corrected chi connectivity index (χ2v) is 11.7. The molecule has 0 aromatic rings. The molecule has 1 N–H and O–H groups in total. The second-order valence-electron chi connectivity index (χ2n) is 9.09. The molecule has 0 saturated carbocycles. The molecule has 0 aromatic heterocycles. The van der Waals surface area contributed by atoms with E-state index in [1.165, 1.54) is 0 Å². The van der Waals surface area contributed by atoms with Crippen molar-refractivity contribution in [3.05, 3.63) is 0 Å². The van der Waals surface area contributed by atoms with Crippen molar-refractivity contribution in [1.82, 2.24) is 0 Å². The zero-order chi connectivity index (χ0) is 31.4. The second kappa shape index (κ2) is 27.0. The van der Waals surface area contributed by atoms with E-state index in [9.17, 15) is 45.7 Å². The van der Waals surface area contributed by atoms with Crippen molar-refractivity contribution in [3.63, 3.8) is 0 Å². The third-order valence-corrected chi connectivity index (χ3v) is 7.18. The third kappa shape index (κ3) is 28.5. The van der Waals surface area contributed by atoms with Crippen LogP contribution in [0.5, 0.6) is 0 Å². The minimum Gasteiger partial charge on any atom is -0.747 e. The maximum atomic E-state index is 12.1. The first-order valence-electron chi connectivity index (χ1n) is 13.2. The monoisotopic (exact) mass is 664 g/mol. The van der Waals surface area contributed by atoms with Crippen LogP contribution < -0.4 is 64.2 Å². The number of carboxylic acid groups (broad SMARTS) is 1. The van der Waals surface area contributed by atoms with Gasteiger partial charge in [-0.25, -0.2) is 8.42 Å². The van der Waals surface area contributed by atoms with Gasteiger partial charge in [0.1, 0.15) is 10.1 Å². The van der Waals surface area contributed by atoms with E-state index >= 15 is 0 Å². The molecule has 42 heavy (non-hydrogen) atoms. The Balaban J connectivity index is -0.000000436. The molecule has 0 heterocycles. The van der Waals surface area contributed by atoms with Crippen molar-refractivity contribution in [1.29, 1.82) is 0 Å². The standard InChI is InChI=1S/C20H38O7S.C4H6O7S.2Na/c1-5-9-11-16(7-3)14-26-19(21)13-18(28(23,24)25)20(22)27-15-17(8-4)12-10-6-2;5-3(6)1-2-4(7)11-12(8,9)10;;/h16-18H,5-15H2,1-4H3,(H,23,24,25);1-2H2,(H,5,6)(H,8,9,10);;/q;;2*+1/p-2. The number of rotatable bonds is 20. The number of hydrogen-bond donors (Lipinski definition) is 1. The Labute approximate surface area is 293 Å². The van der Waals surface area contributed by atoms with Gasteiger partial charge in [0.25, 0.3) is 0 Å². The van der Waals surface area contributed by atoms with E-state index in [-0.39, 0.29) is 84.2 Å². The number of carboxylic acids is 1. The van der Waals surface area contributed by atoms with Crippen LogP contribution in [0, 0.1) is 11.8 Å². The number of carbonyl (C=O) groups excluding carboxylic acids is 4. The van der Waals surface area contributed by atoms with E-state index in [0.717, 1.165) is 51.4 Å². The Morgan fingerprint density at radius 2 is 1.21 bits per heavy atom. The smallest absolute Gasteiger partial charge is 0.747 e. The maximum Gasteiger partial charge on any atom is 1.00 e. The van der Waals surface area contributed by atoms with Gasteiger partial charge in [-0.2, -0.15) is 8.42 Å². The van der Waals surface area contributed by atoms with Gasteiger partial charge in [-0.3, -0.25) is 18.9 Å². The molecule has 0 aliphatic rings. The molecule has 3 atom stereocenters. The topological polar surface area (TPSA) is 231 Å². The molecule has 0 radical (unpaired) electrons. The molecule has 14 nitrogen and oxygen atoms in total. The van der Waals surface area contributed by atoms with E-state index in [2.05, 4.69) is 18.0 Å². The van der Waals surface area contributed by atoms with Crippen LogP contribution >= 0.6 is 0 Å². The van der Waals surface area contributed by atoms with E-state index in [1.807, 2.05) is 13.8 Å². The van der Waals surface area contributed by atoms with Gasteiger partial charge in [-0.15, -0.1) is 0 Å². The van der Waals surface area contributed by atoms with Crippen LogP contribution in [-0.4, -0.2) is 68.3 Å². The first kappa shape index (κ1) is 48.6. The molecule has 0 amide bonds. The molecule has 0 spiro atoms. The summed E-state index contributed by atoms with van der Waals surface area (Å²) in [7, 11) is -9.85. The number of esters is 2. The fraction of sp³-hybridized carbons (Fsp3) is 0.833. The summed E-state index contributed by atoms with van der Waals surface area (Å²) in [6.07, 6.45) is 5.26. The molecule has 0 aromatic carbocycles. The summed E-state index contributed by atoms with van der Waals surface area (Å²) in [4.78, 5) is 44.2. The van der Waals surface area contributed by atoms with E-state index in [0.29, 0.717) is 0 Å². The zero-order valence-corrected chi connectivity index (χ0v) is 31.1. The summed E-state index contributed by atoms with van der Waals surface area (Å²) >= 11 is 0. The van der Waals surface area contributed by atoms with Crippen molar-refractivity contribution >= 4 is 44.4 Å². The number of hydrogen-bond acceptors (Lipinski definition) is 13. The van der Waals surface area contributed by atoms with Crippen molar-refractivity contribution < 1.29 is 123 Å². The fourth-order valence-corrected chi connectivity index (χ4v) is 4.14. The van der Waals surface area contributed by atoms with Crippen LogP contribution in [0.2, 0.25) is 0 Å². The van der Waals surface area contributed by atoms with Gasteiger partial charge in [0.2, 0.25) is 0 Å². The Kier molecular flexibility index (Phi) is 31.3. The Hall–Kier alpha value is -0.300. The van der Waals surface area contributed by atoms with Crippen molar-refractivity contribution in [2.75, 3.05) is 13.2 Å². The van der Waals surface area contributed by atoms with Gasteiger partial charge in [0.05, 0.1) is 26.1 Å². The molecule has 18 heteroatoms. The van der Waals surface area contributed by atoms with Gasteiger partial charge < -0.3 is 28.1 Å². The van der Waals surface area contributed by atoms with Crippen LogP contribution in [0.25, 0.3) is 0 Å². The summed E-state index contributed by atoms with van der Waals surface area (Å²) in [6.45, 7) is 8.26. The first-order valence-corrected chi connectivity index (χ1v) is 16.0. The molecule has 3 unspecified atom stereocenters. The SMILES string of the molecule is CCCCC(CC)COC(=O)CC(C(=O)OCC(CC)CCCC)S(=O)(=O)[O-].O=C([O-])CCC(=O)OS(=O)(=O)O.[Na+].[Na+]. The van der Waals surface area contributed by atoms with Crippen LogP contribution in [0.15, 0.2) is 0 Å². The molecular formula is C24H42Na2O14S2. The van der Waals surface area contributed by atoms with Gasteiger partial charge in [0, 0.05) is 5.97 Å². The van der Waals surface area contributed by atoms with Crippen molar-refractivity contribution in [2.24, 2.45) is 11.8 Å². The molecule has 0 aliphatic carbocycles. The predicted octanol–water partition coefficient (Wildman–Crippen LogP) is -4.32. The molecule has 0 fully saturated rings. The van der Waals surface area contributed by atoms with Gasteiger partial charge in [0.15, 0.2) is 5.25 Å². The quantitative estimate of drug-likeness (QED) is 0.0737. The van der Waals surface area contributed by atoms with Crippen LogP contribution in [0.3, 0.4) is 0 Å². The summed E-state index contributed by atoms with van der Waals surface area (Å²) in [5.41, 5.74) is 0. The molecule has 0 saturated heterocycles. The molecule has 0 rings (SSSR count). The number of aliphatic carboxylic acids is 1. The third-order valence-electron chi connectivity index (χ3n) is 5.72. The maximum absolute atomic E-state index is 12.1. The Bertz CT molecular complexity index is 987. The summed E-state index contributed by atoms with van der Waals surface area (Å²) < 4.78 is 75.5. The predicted molar refractivity (Wildman–Crippen MR) is 139 cm³/mol. The van der Waals surface area contributed by atoms with Crippen molar-refractivity contribution in [2.45, 2.75) is 104 Å². The zero-order valence-electron chi connectivity index (χ0n) is 25.5. The van der Waals surface area contributed by atoms with Crippen LogP contribution in [0.4, 0.5) is 0 Å². The number of carbonyl (C=O) groups is 4. The number of ether oxygens (including phenoxy) is 2. The molecule has 0 aliphatic heterocycles. The summed E-state index contributed by atoms with van der Waals surface area (Å²) in [5, 5.41) is 7.68. The normalized spacial score (nSPS) is 13.0. The van der Waals surface area contributed by atoms with Crippen molar-refractivity contribution in [3.8, 4) is 0 Å². The fourth-order valence-electron chi connectivity index (χ4n) is 3.18. The first-order chi connectivity index (χ1) is 18.5. The van der Waals surface area contributed by atoms with Gasteiger partial charge in [-0.05, 0) is 31.1 Å². The molecule has 0 bridgehead atoms. The number of unbranched alkanes of at least 4 members (excludes halogenated alkanes) is 2. The van der Waals surface area contributed by atoms with Gasteiger partial charge >= 0.3 is 87.4 Å². The largest absolute Gasteiger partial charge is 1.00 e. The summed E-state index contributed by atoms with van der Waals surface area (Å²) in [5.74, 6) is -4.60. The molecular weight excluding hydrogens is 622 g/mol. The van der Waals surface area contributed by atoms with E-state index < -0.39 is 68.9 Å². The minimum absolute atomic E-state index is 0. The Morgan fingerprint density at radius 1 is 0.762 bits per heavy atom. The van der Waals surface area contributed by atoms with Crippen LogP contribution in [-0.2, 0) is 53.4 Å². The van der Waals surface area contributed by atoms with E-state index in [1.54, 1.807) is 0 Å². The average molecular weight is 665 g/mol.